The maximum atomic E-state index is 13.0. The van der Waals surface area contributed by atoms with Gasteiger partial charge < -0.3 is 9.30 Å². The second-order valence-corrected chi connectivity index (χ2v) is 10.8. The van der Waals surface area contributed by atoms with E-state index in [9.17, 15) is 9.59 Å². The van der Waals surface area contributed by atoms with Gasteiger partial charge in [0.1, 0.15) is 5.60 Å². The van der Waals surface area contributed by atoms with Crippen molar-refractivity contribution in [2.24, 2.45) is 0 Å². The summed E-state index contributed by atoms with van der Waals surface area (Å²) in [5.41, 5.74) is 1.40. The second kappa shape index (κ2) is 13.4. The summed E-state index contributed by atoms with van der Waals surface area (Å²) in [5.74, 6) is -0.0948. The van der Waals surface area contributed by atoms with Gasteiger partial charge in [0.25, 0.3) is 0 Å². The fraction of sp³-hybridized carbons (Fsp3) is 0.500. The zero-order valence-electron chi connectivity index (χ0n) is 21.2. The van der Waals surface area contributed by atoms with Crippen molar-refractivity contribution in [2.45, 2.75) is 95.9 Å². The topological polar surface area (TPSA) is 74.1 Å². The number of carbonyl (C=O) groups excluding carboxylic acids is 2. The van der Waals surface area contributed by atoms with Gasteiger partial charge in [0, 0.05) is 36.3 Å². The molecule has 2 heterocycles. The van der Waals surface area contributed by atoms with E-state index >= 15 is 0 Å². The van der Waals surface area contributed by atoms with E-state index in [-0.39, 0.29) is 11.1 Å². The summed E-state index contributed by atoms with van der Waals surface area (Å²) in [5, 5.41) is 1.52. The lowest BCUT2D eigenvalue weighted by Crippen LogP contribution is -2.23. The predicted molar refractivity (Wildman–Crippen MR) is 142 cm³/mol. The summed E-state index contributed by atoms with van der Waals surface area (Å²) in [7, 11) is 0. The van der Waals surface area contributed by atoms with Crippen LogP contribution in [0.15, 0.2) is 53.9 Å². The number of hydrogen-bond acceptors (Lipinski definition) is 6. The molecule has 0 bridgehead atoms. The Bertz CT molecular complexity index is 1090. The molecule has 6 nitrogen and oxygen atoms in total. The molecule has 3 rings (SSSR count). The van der Waals surface area contributed by atoms with Crippen molar-refractivity contribution in [1.29, 1.82) is 0 Å². The molecule has 0 aliphatic rings. The number of hydrogen-bond donors (Lipinski definition) is 0. The normalized spacial score (nSPS) is 11.6. The van der Waals surface area contributed by atoms with E-state index < -0.39 is 5.60 Å². The number of benzene rings is 1. The van der Waals surface area contributed by atoms with E-state index in [0.29, 0.717) is 17.3 Å². The molecule has 0 unspecified atom stereocenters. The highest BCUT2D eigenvalue weighted by molar-refractivity contribution is 8.14. The number of ether oxygens (including phenoxy) is 1. The van der Waals surface area contributed by atoms with Gasteiger partial charge in [-0.1, -0.05) is 56.7 Å². The van der Waals surface area contributed by atoms with Crippen LogP contribution >= 0.6 is 11.8 Å². The highest BCUT2D eigenvalue weighted by atomic mass is 32.2. The first-order valence-corrected chi connectivity index (χ1v) is 13.4. The van der Waals surface area contributed by atoms with Crippen LogP contribution in [-0.4, -0.2) is 31.2 Å². The lowest BCUT2D eigenvalue weighted by Gasteiger charge is -2.19. The third-order valence-corrected chi connectivity index (χ3v) is 6.47. The van der Waals surface area contributed by atoms with Crippen molar-refractivity contribution in [3.8, 4) is 0 Å². The number of aromatic nitrogens is 3. The Kier molecular flexibility index (Phi) is 10.3. The average Bonchev–Trinajstić information content (AvgIpc) is 3.18. The molecule has 7 heteroatoms. The van der Waals surface area contributed by atoms with Gasteiger partial charge in [0.05, 0.1) is 5.69 Å². The zero-order chi connectivity index (χ0) is 25.1. The number of carbonyl (C=O) groups is 2. The van der Waals surface area contributed by atoms with Gasteiger partial charge in [-0.3, -0.25) is 9.59 Å². The van der Waals surface area contributed by atoms with Crippen molar-refractivity contribution < 1.29 is 14.3 Å². The highest BCUT2D eigenvalue weighted by Crippen LogP contribution is 2.26. The summed E-state index contributed by atoms with van der Waals surface area (Å²) in [6, 6.07) is 11.9. The number of esters is 1. The molecule has 0 spiro atoms. The Hall–Kier alpha value is -2.67. The van der Waals surface area contributed by atoms with Gasteiger partial charge in [-0.25, -0.2) is 9.97 Å². The third kappa shape index (κ3) is 9.13. The lowest BCUT2D eigenvalue weighted by molar-refractivity contribution is -0.154. The Labute approximate surface area is 212 Å². The third-order valence-electron chi connectivity index (χ3n) is 5.68. The monoisotopic (exact) mass is 495 g/mol. The van der Waals surface area contributed by atoms with Crippen molar-refractivity contribution in [3.05, 3.63) is 54.5 Å². The molecular weight excluding hydrogens is 458 g/mol. The summed E-state index contributed by atoms with van der Waals surface area (Å²) in [6.45, 7) is 6.53. The first-order chi connectivity index (χ1) is 16.8. The summed E-state index contributed by atoms with van der Waals surface area (Å²) >= 11 is 1.08. The number of para-hydroxylation sites is 1. The number of aryl methyl sites for hydroxylation is 1. The zero-order valence-corrected chi connectivity index (χ0v) is 22.0. The minimum Gasteiger partial charge on any atom is -0.460 e. The first kappa shape index (κ1) is 26.9. The number of thioether (sulfide) groups is 1. The fourth-order valence-corrected chi connectivity index (χ4v) is 4.75. The van der Waals surface area contributed by atoms with Crippen LogP contribution in [-0.2, 0) is 16.1 Å². The molecular formula is C28H37N3O3S. The molecule has 0 aliphatic heterocycles. The fourth-order valence-electron chi connectivity index (χ4n) is 4.09. The molecule has 0 radical (unpaired) electrons. The summed E-state index contributed by atoms with van der Waals surface area (Å²) in [6.07, 6.45) is 12.7. The van der Waals surface area contributed by atoms with E-state index in [1.165, 1.54) is 19.3 Å². The van der Waals surface area contributed by atoms with E-state index in [0.717, 1.165) is 61.3 Å². The van der Waals surface area contributed by atoms with Gasteiger partial charge in [-0.05, 0) is 63.6 Å². The summed E-state index contributed by atoms with van der Waals surface area (Å²) in [4.78, 5) is 33.1. The molecule has 0 fully saturated rings. The van der Waals surface area contributed by atoms with Crippen molar-refractivity contribution in [2.75, 3.05) is 0 Å². The molecule has 0 saturated carbocycles. The molecule has 3 aromatic rings. The molecule has 2 aromatic heterocycles. The number of rotatable bonds is 13. The van der Waals surface area contributed by atoms with Gasteiger partial charge in [-0.15, -0.1) is 0 Å². The van der Waals surface area contributed by atoms with Gasteiger partial charge >= 0.3 is 5.97 Å². The van der Waals surface area contributed by atoms with E-state index in [2.05, 4.69) is 26.7 Å². The van der Waals surface area contributed by atoms with Crippen LogP contribution in [0.2, 0.25) is 0 Å². The van der Waals surface area contributed by atoms with Crippen LogP contribution in [0.5, 0.6) is 0 Å². The Morgan fingerprint density at radius 3 is 2.20 bits per heavy atom. The molecule has 35 heavy (non-hydrogen) atoms. The molecule has 188 valence electrons. The maximum Gasteiger partial charge on any atom is 0.306 e. The van der Waals surface area contributed by atoms with E-state index in [1.54, 1.807) is 18.5 Å². The summed E-state index contributed by atoms with van der Waals surface area (Å²) < 4.78 is 7.49. The minimum atomic E-state index is -0.396. The maximum absolute atomic E-state index is 13.0. The molecule has 0 saturated heterocycles. The Balaban J connectivity index is 1.39. The van der Waals surface area contributed by atoms with Gasteiger partial charge in [0.15, 0.2) is 5.16 Å². The number of fused-ring (bicyclic) bond motifs is 1. The average molecular weight is 496 g/mol. The molecule has 0 atom stereocenters. The molecule has 1 aromatic carbocycles. The smallest absolute Gasteiger partial charge is 0.306 e. The largest absolute Gasteiger partial charge is 0.460 e. The minimum absolute atomic E-state index is 0.0289. The highest BCUT2D eigenvalue weighted by Gasteiger charge is 2.18. The van der Waals surface area contributed by atoms with Crippen LogP contribution < -0.4 is 0 Å². The van der Waals surface area contributed by atoms with Crippen molar-refractivity contribution in [3.63, 3.8) is 0 Å². The number of unbranched alkanes of at least 4 members (excludes halogenated alkanes) is 7. The molecule has 0 amide bonds. The van der Waals surface area contributed by atoms with Gasteiger partial charge in [-0.2, -0.15) is 0 Å². The van der Waals surface area contributed by atoms with Crippen LogP contribution in [0.4, 0.5) is 0 Å². The number of nitrogens with zero attached hydrogens (tertiary/aromatic N) is 3. The SMILES string of the molecule is CC(C)(C)OC(=O)CCCCCCCCCCn1c(C(=O)Sc2ncccn2)cc2ccccc21. The Morgan fingerprint density at radius 2 is 1.51 bits per heavy atom. The van der Waals surface area contributed by atoms with E-state index in [1.807, 2.05) is 39.0 Å². The van der Waals surface area contributed by atoms with E-state index in [4.69, 9.17) is 4.74 Å². The predicted octanol–water partition coefficient (Wildman–Crippen LogP) is 7.22. The standard InChI is InChI=1S/C28H37N3O3S/c1-28(2,3)34-25(32)17-10-8-6-4-5-7-9-13-20-31-23-16-12-11-15-22(23)21-24(31)26(33)35-27-29-18-14-19-30-27/h11-12,14-16,18-19,21H,4-10,13,17,20H2,1-3H3. The van der Waals surface area contributed by atoms with Crippen LogP contribution in [0, 0.1) is 0 Å². The van der Waals surface area contributed by atoms with Crippen LogP contribution in [0.25, 0.3) is 10.9 Å². The molecule has 0 aliphatic carbocycles. The van der Waals surface area contributed by atoms with Gasteiger partial charge in [0.2, 0.25) is 5.12 Å². The lowest BCUT2D eigenvalue weighted by atomic mass is 10.1. The molecule has 0 N–H and O–H groups in total. The van der Waals surface area contributed by atoms with Crippen LogP contribution in [0.1, 0.15) is 89.0 Å². The van der Waals surface area contributed by atoms with Crippen molar-refractivity contribution in [1.82, 2.24) is 14.5 Å². The first-order valence-electron chi connectivity index (χ1n) is 12.6. The second-order valence-electron chi connectivity index (χ2n) is 9.83. The Morgan fingerprint density at radius 1 is 0.886 bits per heavy atom. The van der Waals surface area contributed by atoms with Crippen LogP contribution in [0.3, 0.4) is 0 Å². The van der Waals surface area contributed by atoms with Crippen molar-refractivity contribution >= 4 is 33.7 Å². The quantitative estimate of drug-likeness (QED) is 0.108.